The Bertz CT molecular complexity index is 205. The molecule has 74 valence electrons. The first-order valence-electron chi connectivity index (χ1n) is 5.27. The molecule has 0 unspecified atom stereocenters. The number of rotatable bonds is 3. The molecule has 2 saturated carbocycles. The smallest absolute Gasteiger partial charge is 0.240 e. The van der Waals surface area contributed by atoms with Gasteiger partial charge in [0.25, 0.3) is 0 Å². The van der Waals surface area contributed by atoms with E-state index in [1.165, 1.54) is 25.7 Å². The van der Waals surface area contributed by atoms with Gasteiger partial charge in [-0.05, 0) is 31.6 Å². The molecule has 0 aromatic carbocycles. The van der Waals surface area contributed by atoms with Crippen LogP contribution in [-0.2, 0) is 4.79 Å². The van der Waals surface area contributed by atoms with E-state index in [1.807, 2.05) is 0 Å². The number of carbonyl (C=O) groups excluding carboxylic acids is 1. The second-order valence-corrected chi connectivity index (χ2v) is 4.34. The van der Waals surface area contributed by atoms with E-state index in [4.69, 9.17) is 0 Å². The molecule has 0 aromatic rings. The summed E-state index contributed by atoms with van der Waals surface area (Å²) in [6, 6.07) is 0. The number of carbonyl (C=O) groups is 1. The minimum Gasteiger partial charge on any atom is -0.291 e. The highest BCUT2D eigenvalue weighted by Gasteiger charge is 2.55. The van der Waals surface area contributed by atoms with E-state index in [2.05, 4.69) is 10.9 Å². The summed E-state index contributed by atoms with van der Waals surface area (Å²) in [6.45, 7) is 0. The molecule has 3 nitrogen and oxygen atoms in total. The van der Waals surface area contributed by atoms with Crippen molar-refractivity contribution < 1.29 is 4.79 Å². The number of hydrogen-bond donors (Lipinski definition) is 2. The lowest BCUT2D eigenvalue weighted by molar-refractivity contribution is -0.129. The Hall–Kier alpha value is -0.570. The highest BCUT2D eigenvalue weighted by molar-refractivity contribution is 5.85. The number of nitrogens with one attached hydrogen (secondary N) is 2. The van der Waals surface area contributed by atoms with Crippen molar-refractivity contribution in [2.24, 2.45) is 11.3 Å². The first-order valence-corrected chi connectivity index (χ1v) is 5.27. The third kappa shape index (κ3) is 1.46. The van der Waals surface area contributed by atoms with Crippen LogP contribution >= 0.6 is 0 Å². The van der Waals surface area contributed by atoms with E-state index >= 15 is 0 Å². The molecule has 2 aliphatic carbocycles. The minimum atomic E-state index is 0.0273. The number of amides is 1. The lowest BCUT2D eigenvalue weighted by atomic mass is 9.87. The van der Waals surface area contributed by atoms with Crippen molar-refractivity contribution in [3.63, 3.8) is 0 Å². The molecule has 0 heterocycles. The highest BCUT2D eigenvalue weighted by atomic mass is 16.2. The Kier molecular flexibility index (Phi) is 2.28. The Morgan fingerprint density at radius 1 is 1.31 bits per heavy atom. The minimum absolute atomic E-state index is 0.0273. The van der Waals surface area contributed by atoms with Gasteiger partial charge in [-0.15, -0.1) is 0 Å². The van der Waals surface area contributed by atoms with E-state index in [-0.39, 0.29) is 11.3 Å². The second-order valence-electron chi connectivity index (χ2n) is 4.34. The van der Waals surface area contributed by atoms with Crippen LogP contribution in [0.5, 0.6) is 0 Å². The van der Waals surface area contributed by atoms with Gasteiger partial charge in [-0.25, -0.2) is 5.43 Å². The normalized spacial score (nSPS) is 25.9. The molecule has 0 radical (unpaired) electrons. The van der Waals surface area contributed by atoms with Crippen molar-refractivity contribution in [2.75, 3.05) is 7.05 Å². The third-order valence-electron chi connectivity index (χ3n) is 3.62. The van der Waals surface area contributed by atoms with E-state index in [0.717, 1.165) is 12.8 Å². The van der Waals surface area contributed by atoms with Crippen LogP contribution in [0.25, 0.3) is 0 Å². The van der Waals surface area contributed by atoms with Crippen molar-refractivity contribution in [3.05, 3.63) is 0 Å². The molecule has 0 atom stereocenters. The molecule has 2 rings (SSSR count). The van der Waals surface area contributed by atoms with Crippen LogP contribution in [0.4, 0.5) is 0 Å². The zero-order valence-electron chi connectivity index (χ0n) is 8.23. The quantitative estimate of drug-likeness (QED) is 0.644. The monoisotopic (exact) mass is 182 g/mol. The molecule has 3 heteroatoms. The van der Waals surface area contributed by atoms with E-state index in [0.29, 0.717) is 5.92 Å². The molecular weight excluding hydrogens is 164 g/mol. The fourth-order valence-corrected chi connectivity index (χ4v) is 2.67. The summed E-state index contributed by atoms with van der Waals surface area (Å²) in [5.41, 5.74) is 5.50. The first-order chi connectivity index (χ1) is 6.29. The molecule has 0 aliphatic heterocycles. The van der Waals surface area contributed by atoms with Gasteiger partial charge in [-0.3, -0.25) is 10.2 Å². The molecule has 0 aromatic heterocycles. The van der Waals surface area contributed by atoms with Crippen LogP contribution < -0.4 is 10.9 Å². The van der Waals surface area contributed by atoms with Crippen LogP contribution in [0.3, 0.4) is 0 Å². The maximum atomic E-state index is 11.7. The van der Waals surface area contributed by atoms with Gasteiger partial charge < -0.3 is 0 Å². The van der Waals surface area contributed by atoms with Crippen LogP contribution in [0.2, 0.25) is 0 Å². The summed E-state index contributed by atoms with van der Waals surface area (Å²) in [4.78, 5) is 11.7. The van der Waals surface area contributed by atoms with Crippen LogP contribution in [0.1, 0.15) is 38.5 Å². The fourth-order valence-electron chi connectivity index (χ4n) is 2.67. The van der Waals surface area contributed by atoms with Crippen LogP contribution in [-0.4, -0.2) is 13.0 Å². The summed E-state index contributed by atoms with van der Waals surface area (Å²) in [5, 5.41) is 0. The molecular formula is C10H18N2O. The summed E-state index contributed by atoms with van der Waals surface area (Å²) >= 11 is 0. The SMILES string of the molecule is CNNC(=O)C1(C2CCCC2)CC1. The van der Waals surface area contributed by atoms with Crippen LogP contribution in [0, 0.1) is 11.3 Å². The molecule has 0 bridgehead atoms. The Morgan fingerprint density at radius 3 is 2.38 bits per heavy atom. The first kappa shape index (κ1) is 9.00. The van der Waals surface area contributed by atoms with Gasteiger partial charge in [-0.2, -0.15) is 0 Å². The summed E-state index contributed by atoms with van der Waals surface area (Å²) in [7, 11) is 1.75. The van der Waals surface area contributed by atoms with Gasteiger partial charge in [0.2, 0.25) is 5.91 Å². The molecule has 0 spiro atoms. The topological polar surface area (TPSA) is 41.1 Å². The molecule has 2 N–H and O–H groups in total. The molecule has 0 saturated heterocycles. The maximum absolute atomic E-state index is 11.7. The zero-order valence-corrected chi connectivity index (χ0v) is 8.23. The van der Waals surface area contributed by atoms with Crippen molar-refractivity contribution >= 4 is 5.91 Å². The molecule has 2 aliphatic rings. The van der Waals surface area contributed by atoms with E-state index < -0.39 is 0 Å². The van der Waals surface area contributed by atoms with Gasteiger partial charge in [0.1, 0.15) is 0 Å². The summed E-state index contributed by atoms with van der Waals surface area (Å²) < 4.78 is 0. The zero-order chi connectivity index (χ0) is 9.31. The van der Waals surface area contributed by atoms with Crippen molar-refractivity contribution in [3.8, 4) is 0 Å². The largest absolute Gasteiger partial charge is 0.291 e. The lowest BCUT2D eigenvalue weighted by Gasteiger charge is -2.21. The average Bonchev–Trinajstić information content (AvgIpc) is 2.76. The Morgan fingerprint density at radius 2 is 1.92 bits per heavy atom. The van der Waals surface area contributed by atoms with E-state index in [1.54, 1.807) is 7.05 Å². The van der Waals surface area contributed by atoms with Gasteiger partial charge in [0.05, 0.1) is 5.41 Å². The molecule has 1 amide bonds. The standard InChI is InChI=1S/C10H18N2O/c1-11-12-9(13)10(6-7-10)8-4-2-3-5-8/h8,11H,2-7H2,1H3,(H,12,13). The summed E-state index contributed by atoms with van der Waals surface area (Å²) in [5.74, 6) is 0.891. The van der Waals surface area contributed by atoms with Gasteiger partial charge in [0.15, 0.2) is 0 Å². The van der Waals surface area contributed by atoms with Crippen LogP contribution in [0.15, 0.2) is 0 Å². The fraction of sp³-hybridized carbons (Fsp3) is 0.900. The maximum Gasteiger partial charge on any atom is 0.240 e. The molecule has 13 heavy (non-hydrogen) atoms. The summed E-state index contributed by atoms with van der Waals surface area (Å²) in [6.07, 6.45) is 7.36. The second kappa shape index (κ2) is 3.29. The number of hydrazine groups is 1. The predicted molar refractivity (Wildman–Crippen MR) is 50.8 cm³/mol. The van der Waals surface area contributed by atoms with Gasteiger partial charge >= 0.3 is 0 Å². The Balaban J connectivity index is 1.98. The van der Waals surface area contributed by atoms with Gasteiger partial charge in [-0.1, -0.05) is 12.8 Å². The van der Waals surface area contributed by atoms with Crippen molar-refractivity contribution in [1.82, 2.24) is 10.9 Å². The van der Waals surface area contributed by atoms with Gasteiger partial charge in [0, 0.05) is 7.05 Å². The highest BCUT2D eigenvalue weighted by Crippen LogP contribution is 2.57. The van der Waals surface area contributed by atoms with E-state index in [9.17, 15) is 4.79 Å². The third-order valence-corrected chi connectivity index (χ3v) is 3.62. The van der Waals surface area contributed by atoms with Crippen molar-refractivity contribution in [1.29, 1.82) is 0 Å². The molecule has 2 fully saturated rings. The predicted octanol–water partition coefficient (Wildman–Crippen LogP) is 1.21. The Labute approximate surface area is 79.2 Å². The average molecular weight is 182 g/mol. The lowest BCUT2D eigenvalue weighted by Crippen LogP contribution is -2.42. The number of hydrogen-bond acceptors (Lipinski definition) is 2. The van der Waals surface area contributed by atoms with Crippen molar-refractivity contribution in [2.45, 2.75) is 38.5 Å².